The molecule has 0 saturated carbocycles. The van der Waals surface area contributed by atoms with Crippen molar-refractivity contribution in [1.82, 2.24) is 0 Å². The molecule has 0 unspecified atom stereocenters. The molecule has 0 bridgehead atoms. The lowest BCUT2D eigenvalue weighted by Gasteiger charge is -2.02. The third-order valence-electron chi connectivity index (χ3n) is 1.30. The Morgan fingerprint density at radius 1 is 1.50 bits per heavy atom. The zero-order valence-corrected chi connectivity index (χ0v) is 7.25. The molecular weight excluding hydrogens is 176 g/mol. The summed E-state index contributed by atoms with van der Waals surface area (Å²) >= 11 is 5.71. The number of benzene rings is 1. The molecule has 0 N–H and O–H groups in total. The Morgan fingerprint density at radius 3 is 3.00 bits per heavy atom. The summed E-state index contributed by atoms with van der Waals surface area (Å²) < 4.78 is 5.21. The molecule has 2 nitrogen and oxygen atoms in total. The normalized spacial score (nSPS) is 9.42. The largest absolute Gasteiger partial charge is 0.493 e. The van der Waals surface area contributed by atoms with Crippen LogP contribution in [0.3, 0.4) is 0 Å². The van der Waals surface area contributed by atoms with Gasteiger partial charge in [0.05, 0.1) is 6.61 Å². The maximum atomic E-state index is 9.96. The number of rotatable bonds is 4. The van der Waals surface area contributed by atoms with Gasteiger partial charge in [-0.3, -0.25) is 0 Å². The molecule has 0 saturated heterocycles. The minimum atomic E-state index is 0.407. The average Bonchev–Trinajstić information content (AvgIpc) is 2.05. The molecule has 0 aliphatic heterocycles. The second-order valence-corrected chi connectivity index (χ2v) is 2.70. The highest BCUT2D eigenvalue weighted by Gasteiger charge is 1.93. The Hall–Kier alpha value is -1.02. The van der Waals surface area contributed by atoms with Gasteiger partial charge in [0.25, 0.3) is 0 Å². The van der Waals surface area contributed by atoms with Gasteiger partial charge in [-0.1, -0.05) is 17.7 Å². The zero-order valence-electron chi connectivity index (χ0n) is 6.50. The fourth-order valence-corrected chi connectivity index (χ4v) is 0.962. The summed E-state index contributed by atoms with van der Waals surface area (Å²) in [7, 11) is 0. The van der Waals surface area contributed by atoms with Crippen LogP contribution in [0.2, 0.25) is 5.02 Å². The van der Waals surface area contributed by atoms with Gasteiger partial charge < -0.3 is 9.53 Å². The van der Waals surface area contributed by atoms with Gasteiger partial charge in [-0.25, -0.2) is 0 Å². The van der Waals surface area contributed by atoms with Gasteiger partial charge >= 0.3 is 0 Å². The summed E-state index contributed by atoms with van der Waals surface area (Å²) in [5.74, 6) is 0.698. The molecule has 0 amide bonds. The lowest BCUT2D eigenvalue weighted by Crippen LogP contribution is -1.96. The van der Waals surface area contributed by atoms with E-state index in [0.717, 1.165) is 6.29 Å². The second kappa shape index (κ2) is 4.78. The third-order valence-corrected chi connectivity index (χ3v) is 1.54. The number of halogens is 1. The molecule has 3 heteroatoms. The lowest BCUT2D eigenvalue weighted by molar-refractivity contribution is -0.108. The summed E-state index contributed by atoms with van der Waals surface area (Å²) in [4.78, 5) is 9.96. The molecular formula is C9H9ClO2. The van der Waals surface area contributed by atoms with Crippen LogP contribution in [0.1, 0.15) is 6.42 Å². The first-order valence-electron chi connectivity index (χ1n) is 3.65. The maximum Gasteiger partial charge on any atom is 0.123 e. The van der Waals surface area contributed by atoms with Crippen LogP contribution in [0, 0.1) is 0 Å². The SMILES string of the molecule is O=CCCOc1cccc(Cl)c1. The third kappa shape index (κ3) is 2.93. The van der Waals surface area contributed by atoms with Gasteiger partial charge in [-0.15, -0.1) is 0 Å². The molecule has 1 aromatic rings. The fraction of sp³-hybridized carbons (Fsp3) is 0.222. The summed E-state index contributed by atoms with van der Waals surface area (Å²) in [6.45, 7) is 0.407. The Bertz CT molecular complexity index is 260. The number of hydrogen-bond acceptors (Lipinski definition) is 2. The van der Waals surface area contributed by atoms with Gasteiger partial charge in [0.2, 0.25) is 0 Å². The summed E-state index contributed by atoms with van der Waals surface area (Å²) in [6, 6.07) is 7.09. The van der Waals surface area contributed by atoms with E-state index in [0.29, 0.717) is 23.8 Å². The molecule has 0 aromatic heterocycles. The van der Waals surface area contributed by atoms with Gasteiger partial charge in [-0.2, -0.15) is 0 Å². The topological polar surface area (TPSA) is 26.3 Å². The number of hydrogen-bond donors (Lipinski definition) is 0. The monoisotopic (exact) mass is 184 g/mol. The molecule has 0 radical (unpaired) electrons. The molecule has 64 valence electrons. The Balaban J connectivity index is 2.46. The highest BCUT2D eigenvalue weighted by Crippen LogP contribution is 2.16. The standard InChI is InChI=1S/C9H9ClO2/c10-8-3-1-4-9(7-8)12-6-2-5-11/h1,3-5,7H,2,6H2. The molecule has 1 rings (SSSR count). The van der Waals surface area contributed by atoms with Gasteiger partial charge in [0.1, 0.15) is 12.0 Å². The summed E-state index contributed by atoms with van der Waals surface area (Å²) in [5, 5.41) is 0.638. The Kier molecular flexibility index (Phi) is 3.61. The van der Waals surface area contributed by atoms with E-state index < -0.39 is 0 Å². The lowest BCUT2D eigenvalue weighted by atomic mass is 10.3. The molecule has 0 aliphatic carbocycles. The van der Waals surface area contributed by atoms with Crippen LogP contribution in [0.15, 0.2) is 24.3 Å². The predicted octanol–water partition coefficient (Wildman–Crippen LogP) is 2.31. The second-order valence-electron chi connectivity index (χ2n) is 2.26. The van der Waals surface area contributed by atoms with Crippen LogP contribution < -0.4 is 4.74 Å². The van der Waals surface area contributed by atoms with E-state index in [1.54, 1.807) is 24.3 Å². The number of carbonyl (C=O) groups is 1. The van der Waals surface area contributed by atoms with E-state index >= 15 is 0 Å². The highest BCUT2D eigenvalue weighted by molar-refractivity contribution is 6.30. The minimum absolute atomic E-state index is 0.407. The quantitative estimate of drug-likeness (QED) is 0.530. The van der Waals surface area contributed by atoms with E-state index in [9.17, 15) is 4.79 Å². The first kappa shape index (κ1) is 9.07. The summed E-state index contributed by atoms with van der Waals surface area (Å²) in [5.41, 5.74) is 0. The van der Waals surface area contributed by atoms with E-state index in [1.165, 1.54) is 0 Å². The van der Waals surface area contributed by atoms with Crippen molar-refractivity contribution in [2.75, 3.05) is 6.61 Å². The molecule has 1 aromatic carbocycles. The van der Waals surface area contributed by atoms with Crippen LogP contribution in [0.4, 0.5) is 0 Å². The molecule has 0 spiro atoms. The Morgan fingerprint density at radius 2 is 2.33 bits per heavy atom. The first-order chi connectivity index (χ1) is 5.83. The average molecular weight is 185 g/mol. The van der Waals surface area contributed by atoms with Crippen molar-refractivity contribution in [3.8, 4) is 5.75 Å². The van der Waals surface area contributed by atoms with Gasteiger partial charge in [0, 0.05) is 11.4 Å². The van der Waals surface area contributed by atoms with Crippen molar-refractivity contribution >= 4 is 17.9 Å². The predicted molar refractivity (Wildman–Crippen MR) is 47.6 cm³/mol. The van der Waals surface area contributed by atoms with Crippen LogP contribution >= 0.6 is 11.6 Å². The zero-order chi connectivity index (χ0) is 8.81. The molecule has 0 fully saturated rings. The van der Waals surface area contributed by atoms with Crippen LogP contribution in [0.25, 0.3) is 0 Å². The van der Waals surface area contributed by atoms with Crippen molar-refractivity contribution in [2.24, 2.45) is 0 Å². The number of aldehydes is 1. The van der Waals surface area contributed by atoms with Crippen molar-refractivity contribution in [1.29, 1.82) is 0 Å². The molecule has 0 heterocycles. The van der Waals surface area contributed by atoms with Crippen LogP contribution in [0.5, 0.6) is 5.75 Å². The van der Waals surface area contributed by atoms with E-state index in [2.05, 4.69) is 0 Å². The Labute approximate surface area is 76.1 Å². The number of carbonyl (C=O) groups excluding carboxylic acids is 1. The molecule has 0 atom stereocenters. The molecule has 0 aliphatic rings. The van der Waals surface area contributed by atoms with Crippen molar-refractivity contribution in [2.45, 2.75) is 6.42 Å². The maximum absolute atomic E-state index is 9.96. The van der Waals surface area contributed by atoms with E-state index in [-0.39, 0.29) is 0 Å². The number of ether oxygens (including phenoxy) is 1. The van der Waals surface area contributed by atoms with E-state index in [1.807, 2.05) is 0 Å². The molecule has 12 heavy (non-hydrogen) atoms. The smallest absolute Gasteiger partial charge is 0.123 e. The first-order valence-corrected chi connectivity index (χ1v) is 4.03. The van der Waals surface area contributed by atoms with Crippen molar-refractivity contribution < 1.29 is 9.53 Å². The fourth-order valence-electron chi connectivity index (χ4n) is 0.782. The van der Waals surface area contributed by atoms with Crippen LogP contribution in [-0.2, 0) is 4.79 Å². The van der Waals surface area contributed by atoms with Gasteiger partial charge in [0.15, 0.2) is 0 Å². The van der Waals surface area contributed by atoms with Crippen molar-refractivity contribution in [3.05, 3.63) is 29.3 Å². The summed E-state index contributed by atoms with van der Waals surface area (Å²) in [6.07, 6.45) is 1.23. The van der Waals surface area contributed by atoms with Gasteiger partial charge in [-0.05, 0) is 18.2 Å². The van der Waals surface area contributed by atoms with E-state index in [4.69, 9.17) is 16.3 Å². The van der Waals surface area contributed by atoms with Crippen LogP contribution in [-0.4, -0.2) is 12.9 Å². The highest BCUT2D eigenvalue weighted by atomic mass is 35.5. The minimum Gasteiger partial charge on any atom is -0.493 e. The van der Waals surface area contributed by atoms with Crippen molar-refractivity contribution in [3.63, 3.8) is 0 Å².